The van der Waals surface area contributed by atoms with Gasteiger partial charge in [-0.2, -0.15) is 0 Å². The smallest absolute Gasteiger partial charge is 0.129 e. The molecule has 3 heterocycles. The van der Waals surface area contributed by atoms with Crippen molar-refractivity contribution < 1.29 is 0 Å². The quantitative estimate of drug-likeness (QED) is 0.175. The van der Waals surface area contributed by atoms with E-state index in [0.29, 0.717) is 11.8 Å². The normalized spacial score (nSPS) is 22.7. The fourth-order valence-electron chi connectivity index (χ4n) is 12.1. The molecule has 2 N–H and O–H groups in total. The predicted molar refractivity (Wildman–Crippen MR) is 284 cm³/mol. The number of aromatic nitrogens is 1. The number of rotatable bonds is 6. The number of allylic oxidation sites excluding steroid dienone is 8. The van der Waals surface area contributed by atoms with Crippen molar-refractivity contribution >= 4 is 60.8 Å². The predicted octanol–water partition coefficient (Wildman–Crippen LogP) is 14.3. The van der Waals surface area contributed by atoms with Crippen LogP contribution in [0.4, 0.5) is 5.69 Å². The Hall–Kier alpha value is -7.73. The number of nitrogens with one attached hydrogen (secondary N) is 2. The zero-order chi connectivity index (χ0) is 44.7. The van der Waals surface area contributed by atoms with Crippen LogP contribution in [0.15, 0.2) is 222 Å². The molecule has 0 radical (unpaired) electrons. The Labute approximate surface area is 397 Å². The largest absolute Gasteiger partial charge is 0.351 e. The van der Waals surface area contributed by atoms with Crippen LogP contribution in [-0.4, -0.2) is 22.6 Å². The lowest BCUT2D eigenvalue weighted by atomic mass is 9.89. The highest BCUT2D eigenvalue weighted by Gasteiger charge is 2.40. The summed E-state index contributed by atoms with van der Waals surface area (Å²) in [7, 11) is 0. The van der Waals surface area contributed by atoms with E-state index >= 15 is 0 Å². The second-order valence-corrected chi connectivity index (χ2v) is 19.3. The summed E-state index contributed by atoms with van der Waals surface area (Å²) in [5.74, 6) is 1.64. The number of benzene rings is 7. The molecule has 0 saturated carbocycles. The lowest BCUT2D eigenvalue weighted by Crippen LogP contribution is -2.49. The first kappa shape index (κ1) is 39.4. The lowest BCUT2D eigenvalue weighted by Gasteiger charge is -2.35. The van der Waals surface area contributed by atoms with Gasteiger partial charge in [0.05, 0.1) is 22.9 Å². The molecule has 7 aromatic carbocycles. The number of hydrogen-bond acceptors (Lipinski definition) is 4. The number of aliphatic imine (C=N–C) groups is 1. The molecule has 0 amide bonds. The average molecular weight is 878 g/mol. The highest BCUT2D eigenvalue weighted by Crippen LogP contribution is 2.51. The van der Waals surface area contributed by atoms with E-state index in [1.807, 2.05) is 0 Å². The van der Waals surface area contributed by atoms with Crippen LogP contribution in [0, 0.1) is 0 Å². The van der Waals surface area contributed by atoms with Gasteiger partial charge in [-0.05, 0) is 112 Å². The molecule has 5 heteroatoms. The zero-order valence-corrected chi connectivity index (χ0v) is 37.9. The first-order valence-electron chi connectivity index (χ1n) is 24.6. The SMILES string of the molecule is C1=CCCC(C2=NC(C3=CCC(c4ccccc4)C=C3)NC(c3cc4ccccc4cc3-n3c4c(c5cc6ccccc6cc53)C=C(N3c5c(ccc6ccccc56)C5C=CC=CC53)CC4)N2)=C1. The van der Waals surface area contributed by atoms with Gasteiger partial charge in [-0.25, -0.2) is 4.99 Å². The van der Waals surface area contributed by atoms with E-state index in [1.54, 1.807) is 0 Å². The van der Waals surface area contributed by atoms with Crippen LogP contribution in [0.1, 0.15) is 71.6 Å². The topological polar surface area (TPSA) is 44.6 Å². The lowest BCUT2D eigenvalue weighted by molar-refractivity contribution is 0.432. The van der Waals surface area contributed by atoms with Crippen molar-refractivity contribution in [2.24, 2.45) is 4.99 Å². The van der Waals surface area contributed by atoms with Gasteiger partial charge in [0, 0.05) is 45.1 Å². The van der Waals surface area contributed by atoms with Crippen LogP contribution in [0.5, 0.6) is 0 Å². The Balaban J connectivity index is 0.946. The minimum absolute atomic E-state index is 0.216. The molecule has 0 saturated heterocycles. The van der Waals surface area contributed by atoms with Crippen LogP contribution in [0.3, 0.4) is 0 Å². The summed E-state index contributed by atoms with van der Waals surface area (Å²) in [4.78, 5) is 8.16. The molecular formula is C63H51N5. The number of anilines is 1. The second kappa shape index (κ2) is 16.0. The summed E-state index contributed by atoms with van der Waals surface area (Å²) >= 11 is 0. The van der Waals surface area contributed by atoms with Gasteiger partial charge in [-0.15, -0.1) is 0 Å². The molecule has 1 aromatic heterocycles. The maximum Gasteiger partial charge on any atom is 0.129 e. The van der Waals surface area contributed by atoms with Crippen molar-refractivity contribution in [1.82, 2.24) is 15.2 Å². The summed E-state index contributed by atoms with van der Waals surface area (Å²) in [6.07, 6.45) is 30.0. The second-order valence-electron chi connectivity index (χ2n) is 19.3. The van der Waals surface area contributed by atoms with Gasteiger partial charge < -0.3 is 14.8 Å². The number of amidine groups is 1. The Bertz CT molecular complexity index is 3650. The molecular weight excluding hydrogens is 827 g/mol. The van der Waals surface area contributed by atoms with E-state index in [0.717, 1.165) is 37.9 Å². The molecule has 0 fully saturated rings. The van der Waals surface area contributed by atoms with E-state index in [9.17, 15) is 0 Å². The van der Waals surface area contributed by atoms with Crippen LogP contribution < -0.4 is 15.5 Å². The van der Waals surface area contributed by atoms with E-state index in [-0.39, 0.29) is 18.4 Å². The Kier molecular flexibility index (Phi) is 9.26. The molecule has 5 unspecified atom stereocenters. The summed E-state index contributed by atoms with van der Waals surface area (Å²) in [6.45, 7) is 0. The van der Waals surface area contributed by atoms with Gasteiger partial charge in [0.25, 0.3) is 0 Å². The van der Waals surface area contributed by atoms with Crippen molar-refractivity contribution in [3.8, 4) is 5.69 Å². The zero-order valence-electron chi connectivity index (χ0n) is 37.9. The van der Waals surface area contributed by atoms with Crippen molar-refractivity contribution in [2.45, 2.75) is 62.3 Å². The van der Waals surface area contributed by atoms with E-state index in [2.05, 4.69) is 226 Å². The molecule has 328 valence electrons. The van der Waals surface area contributed by atoms with Crippen molar-refractivity contribution in [1.29, 1.82) is 0 Å². The van der Waals surface area contributed by atoms with Gasteiger partial charge in [-0.3, -0.25) is 5.32 Å². The first-order valence-corrected chi connectivity index (χ1v) is 24.6. The third-order valence-corrected chi connectivity index (χ3v) is 15.5. The molecule has 8 aromatic rings. The molecule has 2 aliphatic heterocycles. The molecule has 68 heavy (non-hydrogen) atoms. The van der Waals surface area contributed by atoms with Gasteiger partial charge in [0.2, 0.25) is 0 Å². The minimum Gasteiger partial charge on any atom is -0.351 e. The van der Waals surface area contributed by atoms with Crippen molar-refractivity contribution in [3.63, 3.8) is 0 Å². The summed E-state index contributed by atoms with van der Waals surface area (Å²) in [5, 5.41) is 16.9. The van der Waals surface area contributed by atoms with Gasteiger partial charge >= 0.3 is 0 Å². The number of fused-ring (bicyclic) bond motifs is 10. The molecule has 0 spiro atoms. The van der Waals surface area contributed by atoms with Crippen molar-refractivity contribution in [3.05, 3.63) is 245 Å². The standard InChI is InChI=1S/C63H51N5/c1-3-15-40(16-4-1)41-27-29-44(30-28-41)62-64-61(43-18-5-2-6-19-43)65-63(66-62)55-36-46-21-8-10-23-48(46)38-59(55)68-57-34-32-49(39-54(57)53-35-45-20-7-9-22-47(45)37-58(53)68)67-56-26-14-13-25-51(56)52-33-31-42-17-11-12-24-50(42)60(52)67/h1-5,7-18,20-27,29-31,33,35-39,41,51,56,62-63,66H,6,19,28,32,34H2,(H,64,65). The van der Waals surface area contributed by atoms with Crippen LogP contribution in [-0.2, 0) is 6.42 Å². The minimum atomic E-state index is -0.222. The molecule has 5 nitrogen and oxygen atoms in total. The molecule has 14 rings (SSSR count). The fourth-order valence-corrected chi connectivity index (χ4v) is 12.1. The fraction of sp³-hybridized carbons (Fsp3) is 0.159. The van der Waals surface area contributed by atoms with Crippen LogP contribution in [0.2, 0.25) is 0 Å². The Morgan fingerprint density at radius 2 is 1.40 bits per heavy atom. The van der Waals surface area contributed by atoms with E-state index in [1.165, 1.54) is 99.4 Å². The maximum atomic E-state index is 5.47. The summed E-state index contributed by atoms with van der Waals surface area (Å²) in [6, 6.07) is 52.2. The number of nitrogens with zero attached hydrogens (tertiary/aromatic N) is 3. The highest BCUT2D eigenvalue weighted by atomic mass is 15.3. The van der Waals surface area contributed by atoms with Gasteiger partial charge in [0.1, 0.15) is 18.2 Å². The average Bonchev–Trinajstić information content (AvgIpc) is 3.92. The third kappa shape index (κ3) is 6.44. The Morgan fingerprint density at radius 3 is 2.21 bits per heavy atom. The third-order valence-electron chi connectivity index (χ3n) is 15.5. The summed E-state index contributed by atoms with van der Waals surface area (Å²) < 4.78 is 2.63. The molecule has 5 atom stereocenters. The van der Waals surface area contributed by atoms with Gasteiger partial charge in [0.15, 0.2) is 0 Å². The van der Waals surface area contributed by atoms with Gasteiger partial charge in [-0.1, -0.05) is 176 Å². The van der Waals surface area contributed by atoms with Crippen molar-refractivity contribution in [2.75, 3.05) is 4.90 Å². The summed E-state index contributed by atoms with van der Waals surface area (Å²) in [5.41, 5.74) is 14.3. The first-order chi connectivity index (χ1) is 33.7. The number of hydrogen-bond donors (Lipinski definition) is 2. The highest BCUT2D eigenvalue weighted by molar-refractivity contribution is 6.05. The van der Waals surface area contributed by atoms with E-state index < -0.39 is 0 Å². The van der Waals surface area contributed by atoms with E-state index in [4.69, 9.17) is 4.99 Å². The Morgan fingerprint density at radius 1 is 0.632 bits per heavy atom. The van der Waals surface area contributed by atoms with Crippen LogP contribution in [0.25, 0.3) is 55.0 Å². The maximum absolute atomic E-state index is 5.47. The molecule has 0 bridgehead atoms. The van der Waals surface area contributed by atoms with Crippen LogP contribution >= 0.6 is 0 Å². The molecule has 4 aliphatic carbocycles. The monoisotopic (exact) mass is 877 g/mol. The molecule has 6 aliphatic rings.